The van der Waals surface area contributed by atoms with Gasteiger partial charge in [-0.2, -0.15) is 0 Å². The van der Waals surface area contributed by atoms with Crippen LogP contribution < -0.4 is 65.1 Å². The number of rotatable bonds is 38. The quantitative estimate of drug-likeness (QED) is 0.0186. The van der Waals surface area contributed by atoms with Crippen molar-refractivity contribution in [1.29, 1.82) is 0 Å². The van der Waals surface area contributed by atoms with E-state index >= 15 is 0 Å². The second kappa shape index (κ2) is 36.0. The largest absolute Gasteiger partial charge is 0.481 e. The Labute approximate surface area is 521 Å². The number of nitrogens with two attached hydrogens (primary N) is 3. The molecule has 0 radical (unpaired) electrons. The summed E-state index contributed by atoms with van der Waals surface area (Å²) < 4.78 is 0. The number of para-hydroxylation sites is 1. The minimum Gasteiger partial charge on any atom is -0.481 e. The maximum Gasteiger partial charge on any atom is 0.326 e. The summed E-state index contributed by atoms with van der Waals surface area (Å²) >= 11 is 0. The van der Waals surface area contributed by atoms with Crippen molar-refractivity contribution in [1.82, 2.24) is 67.7 Å². The molecule has 91 heavy (non-hydrogen) atoms. The average Bonchev–Trinajstić information content (AvgIpc) is 2.21. The lowest BCUT2D eigenvalue weighted by Gasteiger charge is -2.31. The van der Waals surface area contributed by atoms with Gasteiger partial charge in [-0.05, 0) is 75.6 Å². The molecule has 0 aliphatic carbocycles. The van der Waals surface area contributed by atoms with E-state index in [-0.39, 0.29) is 57.3 Å². The van der Waals surface area contributed by atoms with Crippen molar-refractivity contribution in [3.63, 3.8) is 0 Å². The fraction of sp³-hybridized carbons (Fsp3) is 0.483. The van der Waals surface area contributed by atoms with E-state index < -0.39 is 183 Å². The molecular formula is C58H80N16O17. The van der Waals surface area contributed by atoms with Gasteiger partial charge in [-0.15, -0.1) is 0 Å². The zero-order valence-electron chi connectivity index (χ0n) is 49.9. The molecule has 2 aromatic carbocycles. The van der Waals surface area contributed by atoms with Gasteiger partial charge in [-0.25, -0.2) is 9.78 Å². The number of aromatic nitrogens is 3. The Morgan fingerprint density at radius 3 is 1.79 bits per heavy atom. The van der Waals surface area contributed by atoms with Crippen LogP contribution in [-0.4, -0.2) is 210 Å². The highest BCUT2D eigenvalue weighted by molar-refractivity contribution is 6.00. The number of benzene rings is 2. The molecule has 1 saturated heterocycles. The number of aliphatic hydroxyl groups is 2. The minimum absolute atomic E-state index is 0.00736. The van der Waals surface area contributed by atoms with Gasteiger partial charge in [0, 0.05) is 61.9 Å². The highest BCUT2D eigenvalue weighted by Crippen LogP contribution is 2.22. The highest BCUT2D eigenvalue weighted by atomic mass is 16.4. The van der Waals surface area contributed by atoms with Crippen LogP contribution in [0.5, 0.6) is 0 Å². The molecule has 4 aromatic rings. The van der Waals surface area contributed by atoms with E-state index in [1.54, 1.807) is 60.8 Å². The van der Waals surface area contributed by atoms with E-state index in [9.17, 15) is 82.8 Å². The van der Waals surface area contributed by atoms with Gasteiger partial charge in [-0.1, -0.05) is 48.5 Å². The van der Waals surface area contributed by atoms with Gasteiger partial charge in [0.1, 0.15) is 60.4 Å². The number of likely N-dealkylation sites (tertiary alicyclic amines) is 1. The number of carboxylic acids is 2. The minimum atomic E-state index is -1.80. The van der Waals surface area contributed by atoms with Crippen molar-refractivity contribution in [3.8, 4) is 0 Å². The number of aliphatic hydroxyl groups excluding tert-OH is 2. The second-order valence-electron chi connectivity index (χ2n) is 21.6. The third-order valence-electron chi connectivity index (χ3n) is 14.8. The molecule has 0 spiro atoms. The molecule has 10 atom stereocenters. The molecule has 1 aliphatic heterocycles. The highest BCUT2D eigenvalue weighted by Gasteiger charge is 2.41. The van der Waals surface area contributed by atoms with E-state index in [4.69, 9.17) is 17.2 Å². The van der Waals surface area contributed by atoms with E-state index in [0.29, 0.717) is 34.9 Å². The van der Waals surface area contributed by atoms with Crippen LogP contribution in [0.15, 0.2) is 73.3 Å². The number of nitrogens with zero attached hydrogens (tertiary/aromatic N) is 2. The van der Waals surface area contributed by atoms with Crippen molar-refractivity contribution >= 4 is 87.8 Å². The fourth-order valence-electron chi connectivity index (χ4n) is 9.89. The molecule has 11 amide bonds. The SMILES string of the molecule is C[C@H](NC(=O)[C@H](CO)NC(=O)CN)C(=O)N[C@@H](Cc1c[nH]c2ccccc12)C(=O)N[C@@H](CO)C(=O)N[C@@H](Cc1c[nH]cn1)C(=O)N1CCC[C@H]1C(=O)N[C@@H](CCC(N)=O)C(=O)N[C@@H](Cc1ccccc1)C(=O)N[C@@H](CCC(=O)O)C(=O)N[C@@H](CCCCN)C(=O)O. The number of carboxylic acid groups (broad SMARTS) is 2. The molecule has 0 unspecified atom stereocenters. The number of aliphatic carboxylic acids is 2. The topological polar surface area (TPSA) is 537 Å². The third kappa shape index (κ3) is 22.3. The lowest BCUT2D eigenvalue weighted by atomic mass is 10.0. The molecule has 33 nitrogen and oxygen atoms in total. The van der Waals surface area contributed by atoms with Crippen LogP contribution in [0.4, 0.5) is 0 Å². The molecule has 2 aromatic heterocycles. The summed E-state index contributed by atoms with van der Waals surface area (Å²) in [4.78, 5) is 186. The van der Waals surface area contributed by atoms with Crippen molar-refractivity contribution in [2.75, 3.05) is 32.8 Å². The van der Waals surface area contributed by atoms with E-state index in [1.807, 2.05) is 0 Å². The number of fused-ring (bicyclic) bond motifs is 1. The van der Waals surface area contributed by atoms with Gasteiger partial charge < -0.3 is 100 Å². The zero-order chi connectivity index (χ0) is 66.7. The lowest BCUT2D eigenvalue weighted by molar-refractivity contribution is -0.143. The van der Waals surface area contributed by atoms with Crippen molar-refractivity contribution in [3.05, 3.63) is 90.1 Å². The first-order valence-corrected chi connectivity index (χ1v) is 29.4. The van der Waals surface area contributed by atoms with Crippen LogP contribution >= 0.6 is 0 Å². The molecular weight excluding hydrogens is 1190 g/mol. The first-order valence-electron chi connectivity index (χ1n) is 29.4. The number of primary amides is 1. The molecule has 1 aliphatic rings. The van der Waals surface area contributed by atoms with Crippen molar-refractivity contribution < 1.29 is 82.8 Å². The normalized spacial score (nSPS) is 15.7. The van der Waals surface area contributed by atoms with E-state index in [1.165, 1.54) is 19.4 Å². The van der Waals surface area contributed by atoms with Crippen LogP contribution in [0, 0.1) is 0 Å². The first-order chi connectivity index (χ1) is 43.5. The summed E-state index contributed by atoms with van der Waals surface area (Å²) in [6.07, 6.45) is 2.42. The summed E-state index contributed by atoms with van der Waals surface area (Å²) in [5.74, 6) is -13.2. The smallest absolute Gasteiger partial charge is 0.326 e. The number of carbonyl (C=O) groups is 13. The predicted octanol–water partition coefficient (Wildman–Crippen LogP) is -5.42. The second-order valence-corrected chi connectivity index (χ2v) is 21.6. The molecule has 0 bridgehead atoms. The van der Waals surface area contributed by atoms with Crippen LogP contribution in [0.25, 0.3) is 10.9 Å². The summed E-state index contributed by atoms with van der Waals surface area (Å²) in [7, 11) is 0. The summed E-state index contributed by atoms with van der Waals surface area (Å²) in [6, 6.07) is -0.128. The Hall–Kier alpha value is -9.86. The number of amides is 11. The number of nitrogens with one attached hydrogen (secondary N) is 11. The molecule has 5 rings (SSSR count). The van der Waals surface area contributed by atoms with Crippen LogP contribution in [-0.2, 0) is 81.6 Å². The first kappa shape index (κ1) is 71.9. The number of imidazole rings is 1. The van der Waals surface area contributed by atoms with Gasteiger partial charge in [0.05, 0.1) is 31.8 Å². The maximum atomic E-state index is 14.8. The van der Waals surface area contributed by atoms with E-state index in [2.05, 4.69) is 62.8 Å². The fourth-order valence-corrected chi connectivity index (χ4v) is 9.89. The van der Waals surface area contributed by atoms with Crippen molar-refractivity contribution in [2.24, 2.45) is 17.2 Å². The molecule has 494 valence electrons. The number of aromatic amines is 2. The number of H-pyrrole nitrogens is 2. The molecule has 21 N–H and O–H groups in total. The van der Waals surface area contributed by atoms with Crippen LogP contribution in [0.1, 0.15) is 81.5 Å². The molecule has 3 heterocycles. The van der Waals surface area contributed by atoms with Crippen LogP contribution in [0.3, 0.4) is 0 Å². The Morgan fingerprint density at radius 2 is 1.16 bits per heavy atom. The van der Waals surface area contributed by atoms with Crippen LogP contribution in [0.2, 0.25) is 0 Å². The Balaban J connectivity index is 1.36. The Morgan fingerprint density at radius 1 is 0.604 bits per heavy atom. The van der Waals surface area contributed by atoms with Gasteiger partial charge in [0.25, 0.3) is 0 Å². The third-order valence-corrected chi connectivity index (χ3v) is 14.8. The maximum absolute atomic E-state index is 14.8. The number of carbonyl (C=O) groups excluding carboxylic acids is 11. The summed E-state index contributed by atoms with van der Waals surface area (Å²) in [5, 5.41) is 62.3. The molecule has 0 saturated carbocycles. The number of hydrogen-bond acceptors (Lipinski definition) is 18. The molecule has 33 heteroatoms. The van der Waals surface area contributed by atoms with Gasteiger partial charge in [0.2, 0.25) is 65.0 Å². The predicted molar refractivity (Wildman–Crippen MR) is 321 cm³/mol. The summed E-state index contributed by atoms with van der Waals surface area (Å²) in [5.41, 5.74) is 18.3. The lowest BCUT2D eigenvalue weighted by Crippen LogP contribution is -2.61. The number of hydrogen-bond donors (Lipinski definition) is 18. The van der Waals surface area contributed by atoms with Gasteiger partial charge in [0.15, 0.2) is 0 Å². The van der Waals surface area contributed by atoms with E-state index in [0.717, 1.165) is 4.90 Å². The Bertz CT molecular complexity index is 3180. The summed E-state index contributed by atoms with van der Waals surface area (Å²) in [6.45, 7) is -0.961. The Kier molecular flexibility index (Phi) is 28.4. The zero-order valence-corrected chi connectivity index (χ0v) is 49.9. The van der Waals surface area contributed by atoms with Crippen molar-refractivity contribution in [2.45, 2.75) is 144 Å². The number of unbranched alkanes of at least 4 members (excludes halogenated alkanes) is 1. The standard InChI is InChI=1S/C58H80N16O17/c1-31(65-54(86)43(28-75)66-47(78)25-60)49(81)70-41(23-33-26-63-36-13-6-5-12-35(33)36)53(85)73-44(29-76)55(87)72-42(24-34-27-62-30-64-34)57(89)74-21-9-15-45(74)56(88)68-37(16-18-46(61)77)51(83)71-40(22-32-10-3-2-4-11-32)52(84)67-38(17-19-48(79)80)50(82)69-39(58(90)91)14-7-8-20-59/h2-6,10-13,26-27,30-31,37-45,63,75-76H,7-9,14-25,28-29,59-60H2,1H3,(H2,61,77)(H,62,64)(H,65,86)(H,66,78)(H,67,84)(H,68,88)(H,69,82)(H,70,81)(H,71,83)(H,72,87)(H,73,85)(H,79,80)(H,90,91)/t31-,37-,38-,39-,40-,41-,42-,43-,44-,45-/m0/s1. The van der Waals surface area contributed by atoms with Gasteiger partial charge >= 0.3 is 11.9 Å². The monoisotopic (exact) mass is 1270 g/mol. The van der Waals surface area contributed by atoms with Gasteiger partial charge in [-0.3, -0.25) is 57.5 Å². The average molecular weight is 1270 g/mol. The molecule has 1 fully saturated rings.